The number of hydrogen-bond acceptors (Lipinski definition) is 4. The van der Waals surface area contributed by atoms with Gasteiger partial charge in [0.2, 0.25) is 0 Å². The molecule has 0 aromatic heterocycles. The molecule has 2 heterocycles. The molecule has 0 saturated carbocycles. The van der Waals surface area contributed by atoms with Crippen molar-refractivity contribution in [2.75, 3.05) is 16.8 Å². The fourth-order valence-corrected chi connectivity index (χ4v) is 4.05. The summed E-state index contributed by atoms with van der Waals surface area (Å²) in [6.45, 7) is 2.01. The van der Waals surface area contributed by atoms with Crippen LogP contribution >= 0.6 is 0 Å². The number of benzene rings is 1. The molecule has 4 nitrogen and oxygen atoms in total. The third-order valence-electron chi connectivity index (χ3n) is 3.35. The van der Waals surface area contributed by atoms with Gasteiger partial charge in [0.15, 0.2) is 9.84 Å². The molecule has 92 valence electrons. The Balaban J connectivity index is 1.92. The van der Waals surface area contributed by atoms with Gasteiger partial charge < -0.3 is 10.1 Å². The zero-order chi connectivity index (χ0) is 12.0. The Morgan fingerprint density at radius 3 is 3.06 bits per heavy atom. The van der Waals surface area contributed by atoms with E-state index in [1.807, 2.05) is 25.1 Å². The molecule has 0 amide bonds. The van der Waals surface area contributed by atoms with Crippen LogP contribution in [0.25, 0.3) is 0 Å². The second-order valence-electron chi connectivity index (χ2n) is 4.81. The number of ether oxygens (including phenoxy) is 1. The Morgan fingerprint density at radius 2 is 2.24 bits per heavy atom. The molecule has 17 heavy (non-hydrogen) atoms. The van der Waals surface area contributed by atoms with Crippen LogP contribution in [0.4, 0.5) is 5.69 Å². The number of aryl methyl sites for hydroxylation is 1. The largest absolute Gasteiger partial charge is 0.486 e. The molecule has 0 aliphatic carbocycles. The molecule has 2 atom stereocenters. The predicted octanol–water partition coefficient (Wildman–Crippen LogP) is 1.36. The minimum absolute atomic E-state index is 0.0205. The van der Waals surface area contributed by atoms with Crippen LogP contribution in [-0.4, -0.2) is 32.1 Å². The van der Waals surface area contributed by atoms with Crippen molar-refractivity contribution in [3.05, 3.63) is 23.8 Å². The molecule has 1 fully saturated rings. The highest BCUT2D eigenvalue weighted by molar-refractivity contribution is 7.91. The molecule has 2 unspecified atom stereocenters. The van der Waals surface area contributed by atoms with Gasteiger partial charge in [-0.1, -0.05) is 6.07 Å². The topological polar surface area (TPSA) is 55.4 Å². The van der Waals surface area contributed by atoms with Gasteiger partial charge in [-0.2, -0.15) is 0 Å². The van der Waals surface area contributed by atoms with E-state index in [4.69, 9.17) is 4.74 Å². The van der Waals surface area contributed by atoms with Crippen LogP contribution in [0.3, 0.4) is 0 Å². The Kier molecular flexibility index (Phi) is 2.33. The van der Waals surface area contributed by atoms with Gasteiger partial charge in [0.05, 0.1) is 23.2 Å². The van der Waals surface area contributed by atoms with Crippen molar-refractivity contribution in [1.82, 2.24) is 0 Å². The summed E-state index contributed by atoms with van der Waals surface area (Å²) in [6, 6.07) is 5.82. The van der Waals surface area contributed by atoms with Crippen LogP contribution in [0, 0.1) is 6.92 Å². The highest BCUT2D eigenvalue weighted by Gasteiger charge is 2.37. The van der Waals surface area contributed by atoms with Crippen molar-refractivity contribution in [3.8, 4) is 5.75 Å². The maximum absolute atomic E-state index is 11.6. The van der Waals surface area contributed by atoms with Gasteiger partial charge in [-0.15, -0.1) is 0 Å². The monoisotopic (exact) mass is 253 g/mol. The van der Waals surface area contributed by atoms with Crippen molar-refractivity contribution in [3.63, 3.8) is 0 Å². The van der Waals surface area contributed by atoms with E-state index in [1.54, 1.807) is 0 Å². The van der Waals surface area contributed by atoms with Gasteiger partial charge in [0.1, 0.15) is 11.9 Å². The zero-order valence-electron chi connectivity index (χ0n) is 9.64. The lowest BCUT2D eigenvalue weighted by Crippen LogP contribution is -2.50. The summed E-state index contributed by atoms with van der Waals surface area (Å²) in [6.07, 6.45) is 0.556. The maximum Gasteiger partial charge on any atom is 0.152 e. The number of rotatable bonds is 0. The second kappa shape index (κ2) is 3.63. The summed E-state index contributed by atoms with van der Waals surface area (Å²) in [5.41, 5.74) is 2.04. The second-order valence-corrected chi connectivity index (χ2v) is 7.04. The molecular weight excluding hydrogens is 238 g/mol. The molecule has 0 bridgehead atoms. The summed E-state index contributed by atoms with van der Waals surface area (Å²) in [5.74, 6) is 1.24. The number of anilines is 1. The first-order valence-electron chi connectivity index (χ1n) is 5.78. The van der Waals surface area contributed by atoms with Crippen molar-refractivity contribution < 1.29 is 13.2 Å². The summed E-state index contributed by atoms with van der Waals surface area (Å²) in [7, 11) is -2.91. The highest BCUT2D eigenvalue weighted by Crippen LogP contribution is 2.35. The third-order valence-corrected chi connectivity index (χ3v) is 5.08. The Hall–Kier alpha value is -1.23. The van der Waals surface area contributed by atoms with E-state index in [0.717, 1.165) is 17.0 Å². The maximum atomic E-state index is 11.6. The van der Waals surface area contributed by atoms with Gasteiger partial charge in [0.25, 0.3) is 0 Å². The van der Waals surface area contributed by atoms with Crippen LogP contribution in [0.15, 0.2) is 18.2 Å². The lowest BCUT2D eigenvalue weighted by Gasteiger charge is -2.37. The van der Waals surface area contributed by atoms with Gasteiger partial charge in [-0.3, -0.25) is 0 Å². The van der Waals surface area contributed by atoms with E-state index < -0.39 is 9.84 Å². The quantitative estimate of drug-likeness (QED) is 0.758. The molecule has 2 aliphatic rings. The van der Waals surface area contributed by atoms with Crippen molar-refractivity contribution in [2.45, 2.75) is 25.5 Å². The van der Waals surface area contributed by atoms with Gasteiger partial charge in [0, 0.05) is 6.42 Å². The molecule has 1 saturated heterocycles. The standard InChI is InChI=1S/C12H15NO3S/c1-8-2-3-9-12(6-8)16-11-4-5-17(14,15)7-10(11)13-9/h2-3,6,10-11,13H,4-5,7H2,1H3. The van der Waals surface area contributed by atoms with Gasteiger partial charge in [-0.25, -0.2) is 8.42 Å². The molecule has 2 aliphatic heterocycles. The zero-order valence-corrected chi connectivity index (χ0v) is 10.5. The average molecular weight is 253 g/mol. The molecule has 5 heteroatoms. The Bertz CT molecular complexity index is 553. The molecule has 1 aromatic rings. The molecule has 1 aromatic carbocycles. The van der Waals surface area contributed by atoms with E-state index in [2.05, 4.69) is 5.32 Å². The Morgan fingerprint density at radius 1 is 1.41 bits per heavy atom. The fraction of sp³-hybridized carbons (Fsp3) is 0.500. The van der Waals surface area contributed by atoms with E-state index in [9.17, 15) is 8.42 Å². The van der Waals surface area contributed by atoms with Crippen LogP contribution in [0.1, 0.15) is 12.0 Å². The minimum Gasteiger partial charge on any atom is -0.486 e. The normalized spacial score (nSPS) is 29.5. The lowest BCUT2D eigenvalue weighted by molar-refractivity contribution is 0.167. The minimum atomic E-state index is -2.91. The molecule has 0 spiro atoms. The van der Waals surface area contributed by atoms with Crippen molar-refractivity contribution in [2.24, 2.45) is 0 Å². The third kappa shape index (κ3) is 1.99. The average Bonchev–Trinajstić information content (AvgIpc) is 2.26. The van der Waals surface area contributed by atoms with E-state index in [1.165, 1.54) is 0 Å². The smallest absolute Gasteiger partial charge is 0.152 e. The van der Waals surface area contributed by atoms with E-state index >= 15 is 0 Å². The molecule has 1 N–H and O–H groups in total. The number of hydrogen-bond donors (Lipinski definition) is 1. The van der Waals surface area contributed by atoms with E-state index in [0.29, 0.717) is 6.42 Å². The molecule has 3 rings (SSSR count). The van der Waals surface area contributed by atoms with Crippen LogP contribution in [0.2, 0.25) is 0 Å². The van der Waals surface area contributed by atoms with Crippen LogP contribution < -0.4 is 10.1 Å². The summed E-state index contributed by atoms with van der Waals surface area (Å²) >= 11 is 0. The Labute approximate surface area is 101 Å². The summed E-state index contributed by atoms with van der Waals surface area (Å²) in [5, 5.41) is 3.28. The van der Waals surface area contributed by atoms with Gasteiger partial charge in [-0.05, 0) is 24.6 Å². The number of nitrogens with one attached hydrogen (secondary N) is 1. The number of sulfone groups is 1. The number of fused-ring (bicyclic) bond motifs is 2. The van der Waals surface area contributed by atoms with Crippen molar-refractivity contribution >= 4 is 15.5 Å². The summed E-state index contributed by atoms with van der Waals surface area (Å²) < 4.78 is 29.0. The lowest BCUT2D eigenvalue weighted by atomic mass is 10.1. The van der Waals surface area contributed by atoms with E-state index in [-0.39, 0.29) is 23.7 Å². The van der Waals surface area contributed by atoms with Gasteiger partial charge >= 0.3 is 0 Å². The summed E-state index contributed by atoms with van der Waals surface area (Å²) in [4.78, 5) is 0. The predicted molar refractivity (Wildman–Crippen MR) is 66.3 cm³/mol. The van der Waals surface area contributed by atoms with Crippen LogP contribution in [-0.2, 0) is 9.84 Å². The fourth-order valence-electron chi connectivity index (χ4n) is 2.45. The molecule has 0 radical (unpaired) electrons. The first-order chi connectivity index (χ1) is 8.03. The highest BCUT2D eigenvalue weighted by atomic mass is 32.2. The van der Waals surface area contributed by atoms with Crippen LogP contribution in [0.5, 0.6) is 5.75 Å². The van der Waals surface area contributed by atoms with Crippen molar-refractivity contribution in [1.29, 1.82) is 0 Å². The SMILES string of the molecule is Cc1ccc2c(c1)OC1CCS(=O)(=O)CC1N2. The first kappa shape index (κ1) is 10.9. The first-order valence-corrected chi connectivity index (χ1v) is 7.60. The molecular formula is C12H15NO3S.